The molecular formula is C16H32O4. The Bertz CT molecular complexity index is 233. The minimum atomic E-state index is -0.419. The zero-order valence-corrected chi connectivity index (χ0v) is 13.7. The fourth-order valence-corrected chi connectivity index (χ4v) is 1.68. The van der Waals surface area contributed by atoms with Gasteiger partial charge < -0.3 is 14.2 Å². The molecule has 0 aromatic carbocycles. The summed E-state index contributed by atoms with van der Waals surface area (Å²) in [5, 5.41) is 0. The largest absolute Gasteiger partial charge is 0.460 e. The maximum Gasteiger partial charge on any atom is 0.308 e. The number of hydrogen-bond acceptors (Lipinski definition) is 4. The zero-order chi connectivity index (χ0) is 15.3. The summed E-state index contributed by atoms with van der Waals surface area (Å²) < 4.78 is 16.0. The highest BCUT2D eigenvalue weighted by Crippen LogP contribution is 2.08. The molecule has 20 heavy (non-hydrogen) atoms. The molecule has 0 unspecified atom stereocenters. The molecule has 120 valence electrons. The molecule has 0 aliphatic rings. The van der Waals surface area contributed by atoms with Crippen LogP contribution in [0.2, 0.25) is 0 Å². The topological polar surface area (TPSA) is 44.8 Å². The van der Waals surface area contributed by atoms with Crippen LogP contribution in [0, 0.1) is 0 Å². The second-order valence-corrected chi connectivity index (χ2v) is 5.98. The summed E-state index contributed by atoms with van der Waals surface area (Å²) >= 11 is 0. The molecule has 0 fully saturated rings. The van der Waals surface area contributed by atoms with Gasteiger partial charge in [-0.25, -0.2) is 0 Å². The van der Waals surface area contributed by atoms with Gasteiger partial charge in [0.15, 0.2) is 0 Å². The monoisotopic (exact) mass is 288 g/mol. The molecule has 0 amide bonds. The van der Waals surface area contributed by atoms with Gasteiger partial charge in [-0.05, 0) is 27.2 Å². The molecule has 0 rings (SSSR count). The van der Waals surface area contributed by atoms with Crippen molar-refractivity contribution < 1.29 is 19.0 Å². The second kappa shape index (κ2) is 12.2. The van der Waals surface area contributed by atoms with Gasteiger partial charge in [-0.1, -0.05) is 32.6 Å². The van der Waals surface area contributed by atoms with E-state index in [0.717, 1.165) is 13.0 Å². The lowest BCUT2D eigenvalue weighted by Crippen LogP contribution is -2.24. The molecule has 0 aliphatic carbocycles. The van der Waals surface area contributed by atoms with Crippen LogP contribution >= 0.6 is 0 Å². The molecule has 4 heteroatoms. The fraction of sp³-hybridized carbons (Fsp3) is 0.938. The molecule has 0 aromatic heterocycles. The quantitative estimate of drug-likeness (QED) is 0.405. The van der Waals surface area contributed by atoms with Crippen molar-refractivity contribution >= 4 is 5.97 Å². The highest BCUT2D eigenvalue weighted by atomic mass is 16.6. The van der Waals surface area contributed by atoms with Gasteiger partial charge in [0.1, 0.15) is 5.60 Å². The van der Waals surface area contributed by atoms with Crippen molar-refractivity contribution in [2.45, 2.75) is 71.8 Å². The normalized spacial score (nSPS) is 11.6. The van der Waals surface area contributed by atoms with Crippen LogP contribution in [-0.2, 0) is 19.0 Å². The third-order valence-corrected chi connectivity index (χ3v) is 2.63. The molecule has 0 N–H and O–H groups in total. The maximum absolute atomic E-state index is 11.4. The first-order valence-electron chi connectivity index (χ1n) is 7.83. The van der Waals surface area contributed by atoms with Crippen molar-refractivity contribution in [3.8, 4) is 0 Å². The first kappa shape index (κ1) is 19.4. The number of carbonyl (C=O) groups excluding carboxylic acids is 1. The number of esters is 1. The van der Waals surface area contributed by atoms with Crippen LogP contribution in [0.25, 0.3) is 0 Å². The van der Waals surface area contributed by atoms with Crippen LogP contribution < -0.4 is 0 Å². The summed E-state index contributed by atoms with van der Waals surface area (Å²) in [5.41, 5.74) is -0.419. The van der Waals surface area contributed by atoms with Crippen molar-refractivity contribution in [1.82, 2.24) is 0 Å². The van der Waals surface area contributed by atoms with E-state index in [2.05, 4.69) is 6.92 Å². The predicted octanol–water partition coefficient (Wildman–Crippen LogP) is 3.72. The molecule has 0 bridgehead atoms. The van der Waals surface area contributed by atoms with E-state index in [1.54, 1.807) is 0 Å². The van der Waals surface area contributed by atoms with Crippen LogP contribution in [0.4, 0.5) is 0 Å². The van der Waals surface area contributed by atoms with Gasteiger partial charge in [0.25, 0.3) is 0 Å². The second-order valence-electron chi connectivity index (χ2n) is 5.98. The lowest BCUT2D eigenvalue weighted by Gasteiger charge is -2.19. The van der Waals surface area contributed by atoms with Crippen molar-refractivity contribution in [2.24, 2.45) is 0 Å². The van der Waals surface area contributed by atoms with E-state index in [-0.39, 0.29) is 5.97 Å². The molecule has 0 heterocycles. The summed E-state index contributed by atoms with van der Waals surface area (Å²) in [6.45, 7) is 10.1. The average molecular weight is 288 g/mol. The summed E-state index contributed by atoms with van der Waals surface area (Å²) in [6.07, 6.45) is 6.55. The predicted molar refractivity (Wildman–Crippen MR) is 80.9 cm³/mol. The molecule has 0 aromatic rings. The minimum Gasteiger partial charge on any atom is -0.460 e. The van der Waals surface area contributed by atoms with Crippen molar-refractivity contribution in [3.63, 3.8) is 0 Å². The minimum absolute atomic E-state index is 0.214. The summed E-state index contributed by atoms with van der Waals surface area (Å²) in [6, 6.07) is 0. The van der Waals surface area contributed by atoms with Crippen LogP contribution in [0.15, 0.2) is 0 Å². The highest BCUT2D eigenvalue weighted by Gasteiger charge is 2.15. The summed E-state index contributed by atoms with van der Waals surface area (Å²) in [5.74, 6) is -0.214. The zero-order valence-electron chi connectivity index (χ0n) is 13.7. The standard InChI is InChI=1S/C16H32O4/c1-5-6-7-8-9-11-18-13-14-19-12-10-15(17)20-16(2,3)4/h5-14H2,1-4H3. The number of rotatable bonds is 12. The van der Waals surface area contributed by atoms with Gasteiger partial charge in [-0.3, -0.25) is 4.79 Å². The number of unbranched alkanes of at least 4 members (excludes halogenated alkanes) is 4. The van der Waals surface area contributed by atoms with Gasteiger partial charge in [-0.15, -0.1) is 0 Å². The van der Waals surface area contributed by atoms with E-state index in [0.29, 0.717) is 26.2 Å². The third kappa shape index (κ3) is 15.4. The lowest BCUT2D eigenvalue weighted by atomic mass is 10.2. The lowest BCUT2D eigenvalue weighted by molar-refractivity contribution is -0.156. The van der Waals surface area contributed by atoms with E-state index in [4.69, 9.17) is 14.2 Å². The first-order valence-corrected chi connectivity index (χ1v) is 7.83. The van der Waals surface area contributed by atoms with Crippen LogP contribution in [0.3, 0.4) is 0 Å². The van der Waals surface area contributed by atoms with Gasteiger partial charge in [0.05, 0.1) is 26.2 Å². The molecule has 0 saturated carbocycles. The third-order valence-electron chi connectivity index (χ3n) is 2.63. The maximum atomic E-state index is 11.4. The Kier molecular flexibility index (Phi) is 11.8. The summed E-state index contributed by atoms with van der Waals surface area (Å²) in [4.78, 5) is 11.4. The molecule has 0 radical (unpaired) electrons. The smallest absolute Gasteiger partial charge is 0.308 e. The average Bonchev–Trinajstić information content (AvgIpc) is 2.34. The van der Waals surface area contributed by atoms with Crippen molar-refractivity contribution in [1.29, 1.82) is 0 Å². The Hall–Kier alpha value is -0.610. The highest BCUT2D eigenvalue weighted by molar-refractivity contribution is 5.69. The molecule has 0 aliphatic heterocycles. The van der Waals surface area contributed by atoms with Crippen LogP contribution in [0.5, 0.6) is 0 Å². The van der Waals surface area contributed by atoms with Crippen molar-refractivity contribution in [3.05, 3.63) is 0 Å². The van der Waals surface area contributed by atoms with E-state index < -0.39 is 5.60 Å². The van der Waals surface area contributed by atoms with E-state index in [9.17, 15) is 4.79 Å². The van der Waals surface area contributed by atoms with Gasteiger partial charge in [0, 0.05) is 6.61 Å². The number of hydrogen-bond donors (Lipinski definition) is 0. The Morgan fingerprint density at radius 1 is 0.850 bits per heavy atom. The van der Waals surface area contributed by atoms with Gasteiger partial charge in [-0.2, -0.15) is 0 Å². The molecule has 4 nitrogen and oxygen atoms in total. The molecule has 0 saturated heterocycles. The Balaban J connectivity index is 3.19. The summed E-state index contributed by atoms with van der Waals surface area (Å²) in [7, 11) is 0. The fourth-order valence-electron chi connectivity index (χ4n) is 1.68. The Morgan fingerprint density at radius 3 is 2.05 bits per heavy atom. The van der Waals surface area contributed by atoms with E-state index >= 15 is 0 Å². The van der Waals surface area contributed by atoms with Gasteiger partial charge >= 0.3 is 5.97 Å². The number of ether oxygens (including phenoxy) is 3. The number of carbonyl (C=O) groups is 1. The van der Waals surface area contributed by atoms with Gasteiger partial charge in [0.2, 0.25) is 0 Å². The van der Waals surface area contributed by atoms with Crippen LogP contribution in [-0.4, -0.2) is 38.0 Å². The van der Waals surface area contributed by atoms with Crippen LogP contribution in [0.1, 0.15) is 66.2 Å². The van der Waals surface area contributed by atoms with Crippen molar-refractivity contribution in [2.75, 3.05) is 26.4 Å². The SMILES string of the molecule is CCCCCCCOCCOCCC(=O)OC(C)(C)C. The van der Waals surface area contributed by atoms with E-state index in [1.165, 1.54) is 25.7 Å². The molecular weight excluding hydrogens is 256 g/mol. The first-order chi connectivity index (χ1) is 9.45. The Morgan fingerprint density at radius 2 is 1.45 bits per heavy atom. The molecule has 0 spiro atoms. The van der Waals surface area contributed by atoms with E-state index in [1.807, 2.05) is 20.8 Å². The molecule has 0 atom stereocenters. The Labute approximate surface area is 124 Å².